The molecule has 0 spiro atoms. The largest absolute Gasteiger partial charge is 0.368 e. The molecule has 146 valence electrons. The average molecular weight is 483 g/mol. The van der Waals surface area contributed by atoms with Crippen LogP contribution in [0.1, 0.15) is 24.0 Å². The van der Waals surface area contributed by atoms with Gasteiger partial charge in [0, 0.05) is 46.4 Å². The summed E-state index contributed by atoms with van der Waals surface area (Å²) in [4.78, 5) is 20.8. The predicted molar refractivity (Wildman–Crippen MR) is 114 cm³/mol. The van der Waals surface area contributed by atoms with Crippen molar-refractivity contribution in [1.29, 1.82) is 5.26 Å². The summed E-state index contributed by atoms with van der Waals surface area (Å²) >= 11 is 0. The van der Waals surface area contributed by atoms with Crippen molar-refractivity contribution >= 4 is 35.8 Å². The summed E-state index contributed by atoms with van der Waals surface area (Å²) < 4.78 is 5.51. The summed E-state index contributed by atoms with van der Waals surface area (Å²) in [6, 6.07) is 9.69. The highest BCUT2D eigenvalue weighted by Gasteiger charge is 2.30. The van der Waals surface area contributed by atoms with E-state index in [4.69, 9.17) is 10.00 Å². The summed E-state index contributed by atoms with van der Waals surface area (Å²) in [7, 11) is 1.76. The molecule has 2 aliphatic rings. The van der Waals surface area contributed by atoms with Gasteiger partial charge < -0.3 is 19.9 Å². The number of amides is 1. The van der Waals surface area contributed by atoms with Crippen molar-refractivity contribution in [2.75, 3.05) is 39.8 Å². The van der Waals surface area contributed by atoms with Gasteiger partial charge in [-0.2, -0.15) is 5.26 Å². The van der Waals surface area contributed by atoms with E-state index in [1.807, 2.05) is 23.1 Å². The van der Waals surface area contributed by atoms with Gasteiger partial charge in [-0.05, 0) is 30.5 Å². The third-order valence-corrected chi connectivity index (χ3v) is 4.81. The van der Waals surface area contributed by atoms with Crippen molar-refractivity contribution in [2.45, 2.75) is 25.5 Å². The number of carbonyl (C=O) groups is 1. The number of rotatable bonds is 3. The molecule has 2 fully saturated rings. The lowest BCUT2D eigenvalue weighted by molar-refractivity contribution is -0.142. The minimum absolute atomic E-state index is 0. The Balaban J connectivity index is 0.00000261. The Bertz CT molecular complexity index is 704. The minimum Gasteiger partial charge on any atom is -0.368 e. The molecule has 7 nitrogen and oxygen atoms in total. The Hall–Kier alpha value is -1.86. The second-order valence-electron chi connectivity index (χ2n) is 6.53. The standard InChI is InChI=1S/C19H25N5O2.HI/c1-21-19(22-14-16-5-2-4-15(12-16)13-20)24-9-7-23(8-10-24)18(25)17-6-3-11-26-17;/h2,4-5,12,17H,3,6-11,14H2,1H3,(H,21,22);1H. The SMILES string of the molecule is CN=C(NCc1cccc(C#N)c1)N1CCN(C(=O)C2CCCO2)CC1.I. The number of ether oxygens (including phenoxy) is 1. The van der Waals surface area contributed by atoms with Crippen LogP contribution in [0.25, 0.3) is 0 Å². The zero-order chi connectivity index (χ0) is 18.4. The number of carbonyl (C=O) groups excluding carboxylic acids is 1. The molecule has 27 heavy (non-hydrogen) atoms. The van der Waals surface area contributed by atoms with Gasteiger partial charge >= 0.3 is 0 Å². The summed E-state index contributed by atoms with van der Waals surface area (Å²) in [5.74, 6) is 0.940. The fraction of sp³-hybridized carbons (Fsp3) is 0.526. The lowest BCUT2D eigenvalue weighted by atomic mass is 10.1. The summed E-state index contributed by atoms with van der Waals surface area (Å²) in [5.41, 5.74) is 1.69. The molecule has 0 saturated carbocycles. The maximum absolute atomic E-state index is 12.4. The number of guanidine groups is 1. The van der Waals surface area contributed by atoms with E-state index in [0.29, 0.717) is 31.8 Å². The first-order valence-electron chi connectivity index (χ1n) is 9.06. The third kappa shape index (κ3) is 5.56. The number of hydrogen-bond acceptors (Lipinski definition) is 4. The maximum Gasteiger partial charge on any atom is 0.251 e. The number of nitrogens with one attached hydrogen (secondary N) is 1. The Morgan fingerprint density at radius 1 is 1.33 bits per heavy atom. The van der Waals surface area contributed by atoms with E-state index in [2.05, 4.69) is 21.3 Å². The van der Waals surface area contributed by atoms with Gasteiger partial charge in [0.2, 0.25) is 0 Å². The highest BCUT2D eigenvalue weighted by molar-refractivity contribution is 14.0. The van der Waals surface area contributed by atoms with Crippen molar-refractivity contribution in [1.82, 2.24) is 15.1 Å². The van der Waals surface area contributed by atoms with Gasteiger partial charge in [-0.1, -0.05) is 12.1 Å². The summed E-state index contributed by atoms with van der Waals surface area (Å²) in [6.45, 7) is 4.16. The van der Waals surface area contributed by atoms with E-state index in [1.54, 1.807) is 13.1 Å². The van der Waals surface area contributed by atoms with Crippen LogP contribution in [0.4, 0.5) is 0 Å². The first-order chi connectivity index (χ1) is 12.7. The number of hydrogen-bond donors (Lipinski definition) is 1. The van der Waals surface area contributed by atoms with Crippen LogP contribution >= 0.6 is 24.0 Å². The van der Waals surface area contributed by atoms with Crippen molar-refractivity contribution < 1.29 is 9.53 Å². The van der Waals surface area contributed by atoms with Gasteiger partial charge in [-0.15, -0.1) is 24.0 Å². The smallest absolute Gasteiger partial charge is 0.251 e. The zero-order valence-corrected chi connectivity index (χ0v) is 17.9. The third-order valence-electron chi connectivity index (χ3n) is 4.81. The number of benzene rings is 1. The van der Waals surface area contributed by atoms with E-state index < -0.39 is 0 Å². The first kappa shape index (κ1) is 21.4. The number of nitrogens with zero attached hydrogens (tertiary/aromatic N) is 4. The fourth-order valence-electron chi connectivity index (χ4n) is 3.38. The quantitative estimate of drug-likeness (QED) is 0.401. The highest BCUT2D eigenvalue weighted by Crippen LogP contribution is 2.16. The molecular formula is C19H26IN5O2. The molecule has 2 aliphatic heterocycles. The summed E-state index contributed by atoms with van der Waals surface area (Å²) in [5, 5.41) is 12.3. The van der Waals surface area contributed by atoms with E-state index in [1.165, 1.54) is 0 Å². The lowest BCUT2D eigenvalue weighted by Crippen LogP contribution is -2.55. The molecule has 1 amide bonds. The van der Waals surface area contributed by atoms with Crippen LogP contribution in [0, 0.1) is 11.3 Å². The van der Waals surface area contributed by atoms with E-state index in [0.717, 1.165) is 37.5 Å². The van der Waals surface area contributed by atoms with Crippen LogP contribution in [0.5, 0.6) is 0 Å². The van der Waals surface area contributed by atoms with Crippen LogP contribution in [0.3, 0.4) is 0 Å². The van der Waals surface area contributed by atoms with Crippen LogP contribution in [-0.2, 0) is 16.1 Å². The molecule has 8 heteroatoms. The predicted octanol–water partition coefficient (Wildman–Crippen LogP) is 1.57. The van der Waals surface area contributed by atoms with Gasteiger partial charge in [0.25, 0.3) is 5.91 Å². The van der Waals surface area contributed by atoms with Crippen molar-refractivity contribution in [3.8, 4) is 6.07 Å². The zero-order valence-electron chi connectivity index (χ0n) is 15.6. The van der Waals surface area contributed by atoms with Gasteiger partial charge in [-0.25, -0.2) is 0 Å². The number of halogens is 1. The Labute approximate surface area is 177 Å². The maximum atomic E-state index is 12.4. The second kappa shape index (κ2) is 10.5. The van der Waals surface area contributed by atoms with Gasteiger partial charge in [0.05, 0.1) is 11.6 Å². The molecule has 0 aromatic heterocycles. The molecule has 0 radical (unpaired) electrons. The van der Waals surface area contributed by atoms with Crippen LogP contribution in [0.2, 0.25) is 0 Å². The van der Waals surface area contributed by atoms with Crippen molar-refractivity contribution in [2.24, 2.45) is 4.99 Å². The Morgan fingerprint density at radius 2 is 2.07 bits per heavy atom. The van der Waals surface area contributed by atoms with Crippen molar-refractivity contribution in [3.05, 3.63) is 35.4 Å². The second-order valence-corrected chi connectivity index (χ2v) is 6.53. The molecule has 1 aromatic carbocycles. The van der Waals surface area contributed by atoms with E-state index >= 15 is 0 Å². The average Bonchev–Trinajstić information content (AvgIpc) is 3.23. The molecule has 1 aromatic rings. The Kier molecular flexibility index (Phi) is 8.31. The minimum atomic E-state index is -0.244. The summed E-state index contributed by atoms with van der Waals surface area (Å²) in [6.07, 6.45) is 1.57. The normalized spacial score (nSPS) is 20.0. The van der Waals surface area contributed by atoms with Gasteiger partial charge in [0.15, 0.2) is 5.96 Å². The van der Waals surface area contributed by atoms with Crippen LogP contribution in [-0.4, -0.2) is 67.6 Å². The molecule has 1 unspecified atom stereocenters. The molecular weight excluding hydrogens is 457 g/mol. The number of piperazine rings is 1. The number of nitriles is 1. The molecule has 2 heterocycles. The van der Waals surface area contributed by atoms with Gasteiger partial charge in [0.1, 0.15) is 6.10 Å². The van der Waals surface area contributed by atoms with E-state index in [-0.39, 0.29) is 36.0 Å². The van der Waals surface area contributed by atoms with Crippen LogP contribution < -0.4 is 5.32 Å². The molecule has 0 bridgehead atoms. The van der Waals surface area contributed by atoms with Crippen LogP contribution in [0.15, 0.2) is 29.3 Å². The van der Waals surface area contributed by atoms with Gasteiger partial charge in [-0.3, -0.25) is 9.79 Å². The molecule has 0 aliphatic carbocycles. The number of aliphatic imine (C=N–C) groups is 1. The molecule has 2 saturated heterocycles. The molecule has 1 N–H and O–H groups in total. The lowest BCUT2D eigenvalue weighted by Gasteiger charge is -2.37. The highest BCUT2D eigenvalue weighted by atomic mass is 127. The first-order valence-corrected chi connectivity index (χ1v) is 9.06. The monoisotopic (exact) mass is 483 g/mol. The molecule has 1 atom stereocenters. The van der Waals surface area contributed by atoms with E-state index in [9.17, 15) is 4.79 Å². The Morgan fingerprint density at radius 3 is 2.70 bits per heavy atom. The molecule has 3 rings (SSSR count). The topological polar surface area (TPSA) is 81.0 Å². The fourth-order valence-corrected chi connectivity index (χ4v) is 3.38. The van der Waals surface area contributed by atoms with Crippen molar-refractivity contribution in [3.63, 3.8) is 0 Å².